The third-order valence-electron chi connectivity index (χ3n) is 4.20. The lowest BCUT2D eigenvalue weighted by atomic mass is 10.1. The molecule has 2 aromatic rings. The molecule has 4 nitrogen and oxygen atoms in total. The van der Waals surface area contributed by atoms with Crippen LogP contribution in [-0.4, -0.2) is 47.8 Å². The van der Waals surface area contributed by atoms with E-state index in [1.54, 1.807) is 15.9 Å². The minimum absolute atomic E-state index is 0.000554. The minimum atomic E-state index is -0.0168. The van der Waals surface area contributed by atoms with Crippen LogP contribution >= 0.6 is 15.9 Å². The Balaban J connectivity index is 1.56. The van der Waals surface area contributed by atoms with Crippen molar-refractivity contribution in [1.82, 2.24) is 9.80 Å². The van der Waals surface area contributed by atoms with Gasteiger partial charge < -0.3 is 9.80 Å². The molecule has 3 rings (SSSR count). The van der Waals surface area contributed by atoms with Gasteiger partial charge in [0.1, 0.15) is 0 Å². The molecule has 128 valence electrons. The highest BCUT2D eigenvalue weighted by molar-refractivity contribution is 9.10. The van der Waals surface area contributed by atoms with Gasteiger partial charge in [-0.1, -0.05) is 42.5 Å². The Morgan fingerprint density at radius 3 is 2.12 bits per heavy atom. The fourth-order valence-electron chi connectivity index (χ4n) is 2.77. The molecule has 0 bridgehead atoms. The molecule has 1 aliphatic rings. The van der Waals surface area contributed by atoms with E-state index in [-0.39, 0.29) is 11.8 Å². The summed E-state index contributed by atoms with van der Waals surface area (Å²) in [6.07, 6.45) is 3.42. The second-order valence-corrected chi connectivity index (χ2v) is 6.70. The van der Waals surface area contributed by atoms with Gasteiger partial charge in [0.15, 0.2) is 0 Å². The predicted octanol–water partition coefficient (Wildman–Crippen LogP) is 3.45. The standard InChI is InChI=1S/C20H19BrN2O2/c21-18-9-5-4-8-17(18)20(25)23-14-12-22(13-15-23)19(24)11-10-16-6-2-1-3-7-16/h1-11H,12-15H2/b11-10+. The van der Waals surface area contributed by atoms with Crippen molar-refractivity contribution in [2.24, 2.45) is 0 Å². The number of halogens is 1. The maximum absolute atomic E-state index is 12.6. The molecule has 0 spiro atoms. The normalized spacial score (nSPS) is 14.8. The van der Waals surface area contributed by atoms with Crippen molar-refractivity contribution >= 4 is 33.8 Å². The van der Waals surface area contributed by atoms with Gasteiger partial charge in [-0.25, -0.2) is 0 Å². The molecule has 1 heterocycles. The zero-order chi connectivity index (χ0) is 17.6. The summed E-state index contributed by atoms with van der Waals surface area (Å²) in [6.45, 7) is 2.19. The second-order valence-electron chi connectivity index (χ2n) is 5.84. The average molecular weight is 399 g/mol. The SMILES string of the molecule is O=C(/C=C/c1ccccc1)N1CCN(C(=O)c2ccccc2Br)CC1. The number of benzene rings is 2. The number of hydrogen-bond donors (Lipinski definition) is 0. The van der Waals surface area contributed by atoms with Crippen LogP contribution in [0.1, 0.15) is 15.9 Å². The van der Waals surface area contributed by atoms with Crippen molar-refractivity contribution in [2.45, 2.75) is 0 Å². The van der Waals surface area contributed by atoms with Crippen LogP contribution in [0, 0.1) is 0 Å². The Kier molecular flexibility index (Phi) is 5.66. The van der Waals surface area contributed by atoms with Crippen LogP contribution in [0.3, 0.4) is 0 Å². The maximum atomic E-state index is 12.6. The van der Waals surface area contributed by atoms with Gasteiger partial charge in [-0.15, -0.1) is 0 Å². The lowest BCUT2D eigenvalue weighted by molar-refractivity contribution is -0.127. The van der Waals surface area contributed by atoms with Crippen LogP contribution in [0.2, 0.25) is 0 Å². The Morgan fingerprint density at radius 2 is 1.44 bits per heavy atom. The fraction of sp³-hybridized carbons (Fsp3) is 0.200. The van der Waals surface area contributed by atoms with Crippen LogP contribution in [0.15, 0.2) is 65.1 Å². The number of carbonyl (C=O) groups excluding carboxylic acids is 2. The summed E-state index contributed by atoms with van der Waals surface area (Å²) in [5.74, 6) is -0.0174. The quantitative estimate of drug-likeness (QED) is 0.742. The van der Waals surface area contributed by atoms with E-state index in [9.17, 15) is 9.59 Å². The molecule has 0 saturated carbocycles. The van der Waals surface area contributed by atoms with E-state index >= 15 is 0 Å². The average Bonchev–Trinajstić information content (AvgIpc) is 2.67. The summed E-state index contributed by atoms with van der Waals surface area (Å²) in [6, 6.07) is 17.2. The molecular weight excluding hydrogens is 380 g/mol. The largest absolute Gasteiger partial charge is 0.336 e. The Hall–Kier alpha value is -2.40. The molecule has 25 heavy (non-hydrogen) atoms. The van der Waals surface area contributed by atoms with Gasteiger partial charge in [-0.2, -0.15) is 0 Å². The van der Waals surface area contributed by atoms with Crippen molar-refractivity contribution in [3.8, 4) is 0 Å². The van der Waals surface area contributed by atoms with E-state index in [2.05, 4.69) is 15.9 Å². The first-order chi connectivity index (χ1) is 12.1. The molecule has 0 aromatic heterocycles. The molecular formula is C20H19BrN2O2. The van der Waals surface area contributed by atoms with Gasteiger partial charge in [0.25, 0.3) is 5.91 Å². The highest BCUT2D eigenvalue weighted by Crippen LogP contribution is 2.18. The summed E-state index contributed by atoms with van der Waals surface area (Å²) in [7, 11) is 0. The van der Waals surface area contributed by atoms with Gasteiger partial charge in [0.2, 0.25) is 5.91 Å². The molecule has 0 atom stereocenters. The first-order valence-corrected chi connectivity index (χ1v) is 9.00. The molecule has 1 aliphatic heterocycles. The molecule has 0 unspecified atom stereocenters. The van der Waals surface area contributed by atoms with Crippen LogP contribution in [-0.2, 0) is 4.79 Å². The monoisotopic (exact) mass is 398 g/mol. The maximum Gasteiger partial charge on any atom is 0.255 e. The molecule has 2 amide bonds. The lowest BCUT2D eigenvalue weighted by Crippen LogP contribution is -2.50. The van der Waals surface area contributed by atoms with Gasteiger partial charge in [0, 0.05) is 36.7 Å². The van der Waals surface area contributed by atoms with Crippen LogP contribution in [0.25, 0.3) is 6.08 Å². The van der Waals surface area contributed by atoms with Crippen LogP contribution < -0.4 is 0 Å². The first-order valence-electron chi connectivity index (χ1n) is 8.21. The molecule has 1 saturated heterocycles. The minimum Gasteiger partial charge on any atom is -0.336 e. The van der Waals surface area contributed by atoms with Crippen molar-refractivity contribution in [3.63, 3.8) is 0 Å². The molecule has 0 aliphatic carbocycles. The topological polar surface area (TPSA) is 40.6 Å². The molecule has 1 fully saturated rings. The van der Waals surface area contributed by atoms with Gasteiger partial charge in [-0.3, -0.25) is 9.59 Å². The highest BCUT2D eigenvalue weighted by atomic mass is 79.9. The molecule has 0 N–H and O–H groups in total. The van der Waals surface area contributed by atoms with E-state index in [0.29, 0.717) is 31.7 Å². The van der Waals surface area contributed by atoms with Crippen molar-refractivity contribution in [3.05, 3.63) is 76.3 Å². The zero-order valence-corrected chi connectivity index (χ0v) is 15.4. The van der Waals surface area contributed by atoms with Crippen molar-refractivity contribution in [2.75, 3.05) is 26.2 Å². The number of nitrogens with zero attached hydrogens (tertiary/aromatic N) is 2. The second kappa shape index (κ2) is 8.12. The number of rotatable bonds is 3. The van der Waals surface area contributed by atoms with Crippen LogP contribution in [0.5, 0.6) is 0 Å². The summed E-state index contributed by atoms with van der Waals surface area (Å²) >= 11 is 3.42. The number of amides is 2. The Bertz CT molecular complexity index is 781. The summed E-state index contributed by atoms with van der Waals surface area (Å²) in [5, 5.41) is 0. The summed E-state index contributed by atoms with van der Waals surface area (Å²) in [4.78, 5) is 28.5. The van der Waals surface area contributed by atoms with Crippen molar-refractivity contribution in [1.29, 1.82) is 0 Å². The van der Waals surface area contributed by atoms with E-state index in [0.717, 1.165) is 10.0 Å². The Labute approximate surface area is 155 Å². The number of piperazine rings is 1. The van der Waals surface area contributed by atoms with E-state index in [1.165, 1.54) is 0 Å². The lowest BCUT2D eigenvalue weighted by Gasteiger charge is -2.34. The van der Waals surface area contributed by atoms with E-state index in [4.69, 9.17) is 0 Å². The van der Waals surface area contributed by atoms with Crippen molar-refractivity contribution < 1.29 is 9.59 Å². The van der Waals surface area contributed by atoms with Gasteiger partial charge >= 0.3 is 0 Å². The predicted molar refractivity (Wildman–Crippen MR) is 102 cm³/mol. The van der Waals surface area contributed by atoms with Crippen LogP contribution in [0.4, 0.5) is 0 Å². The number of carbonyl (C=O) groups is 2. The third-order valence-corrected chi connectivity index (χ3v) is 4.89. The summed E-state index contributed by atoms with van der Waals surface area (Å²) in [5.41, 5.74) is 1.66. The molecule has 0 radical (unpaired) electrons. The third kappa shape index (κ3) is 4.37. The van der Waals surface area contributed by atoms with Gasteiger partial charge in [-0.05, 0) is 39.7 Å². The molecule has 5 heteroatoms. The highest BCUT2D eigenvalue weighted by Gasteiger charge is 2.24. The van der Waals surface area contributed by atoms with E-state index < -0.39 is 0 Å². The Morgan fingerprint density at radius 1 is 0.840 bits per heavy atom. The van der Waals surface area contributed by atoms with Gasteiger partial charge in [0.05, 0.1) is 5.56 Å². The summed E-state index contributed by atoms with van der Waals surface area (Å²) < 4.78 is 0.796. The fourth-order valence-corrected chi connectivity index (χ4v) is 3.23. The zero-order valence-electron chi connectivity index (χ0n) is 13.8. The molecule has 2 aromatic carbocycles. The first kappa shape index (κ1) is 17.4. The smallest absolute Gasteiger partial charge is 0.255 e. The number of hydrogen-bond acceptors (Lipinski definition) is 2. The van der Waals surface area contributed by atoms with E-state index in [1.807, 2.05) is 60.7 Å².